The molecular formula is C22H25N5O3. The van der Waals surface area contributed by atoms with Crippen LogP contribution in [0.4, 0.5) is 11.6 Å². The lowest BCUT2D eigenvalue weighted by molar-refractivity contribution is -0.134. The van der Waals surface area contributed by atoms with Gasteiger partial charge in [-0.25, -0.2) is 4.98 Å². The van der Waals surface area contributed by atoms with Crippen LogP contribution in [0.1, 0.15) is 15.9 Å². The fourth-order valence-corrected chi connectivity index (χ4v) is 3.79. The number of carbonyl (C=O) groups is 2. The first-order chi connectivity index (χ1) is 14.5. The number of nitrogens with zero attached hydrogens (tertiary/aromatic N) is 4. The molecule has 3 heterocycles. The lowest BCUT2D eigenvalue weighted by Crippen LogP contribution is -2.50. The van der Waals surface area contributed by atoms with Gasteiger partial charge in [0.1, 0.15) is 18.2 Å². The van der Waals surface area contributed by atoms with E-state index in [1.54, 1.807) is 11.0 Å². The Balaban J connectivity index is 1.48. The second kappa shape index (κ2) is 8.16. The van der Waals surface area contributed by atoms with E-state index >= 15 is 0 Å². The second-order valence-corrected chi connectivity index (χ2v) is 7.52. The van der Waals surface area contributed by atoms with Crippen LogP contribution >= 0.6 is 0 Å². The van der Waals surface area contributed by atoms with Crippen molar-refractivity contribution in [3.05, 3.63) is 53.7 Å². The van der Waals surface area contributed by atoms with Crippen molar-refractivity contribution in [2.45, 2.75) is 6.92 Å². The summed E-state index contributed by atoms with van der Waals surface area (Å²) >= 11 is 0. The third-order valence-corrected chi connectivity index (χ3v) is 5.53. The molecule has 0 atom stereocenters. The summed E-state index contributed by atoms with van der Waals surface area (Å²) < 4.78 is 2.01. The molecule has 2 aromatic heterocycles. The van der Waals surface area contributed by atoms with Gasteiger partial charge in [0.2, 0.25) is 5.91 Å². The van der Waals surface area contributed by atoms with Gasteiger partial charge in [-0.05, 0) is 42.8 Å². The van der Waals surface area contributed by atoms with Crippen molar-refractivity contribution in [1.29, 1.82) is 0 Å². The molecule has 1 fully saturated rings. The maximum Gasteiger partial charge on any atom is 0.256 e. The minimum absolute atomic E-state index is 0.207. The standard InChI is InChI=1S/C22H25N5O3/c1-15-3-6-19(23-21(15)27-11-9-26(10-12-27)20(29)14-28)24-22(30)17-4-5-18-16(13-17)7-8-25(18)2/h3-8,13,28H,9-12,14H2,1-2H3,(H,23,24,30). The van der Waals surface area contributed by atoms with Crippen LogP contribution in [-0.2, 0) is 11.8 Å². The minimum Gasteiger partial charge on any atom is -0.387 e. The number of anilines is 2. The normalized spacial score (nSPS) is 14.2. The Morgan fingerprint density at radius 2 is 1.87 bits per heavy atom. The van der Waals surface area contributed by atoms with E-state index in [1.165, 1.54) is 0 Å². The first-order valence-electron chi connectivity index (χ1n) is 9.94. The molecular weight excluding hydrogens is 382 g/mol. The van der Waals surface area contributed by atoms with Crippen LogP contribution in [0.2, 0.25) is 0 Å². The van der Waals surface area contributed by atoms with Crippen molar-refractivity contribution < 1.29 is 14.7 Å². The summed E-state index contributed by atoms with van der Waals surface area (Å²) in [5.74, 6) is 0.821. The van der Waals surface area contributed by atoms with Crippen molar-refractivity contribution in [1.82, 2.24) is 14.5 Å². The van der Waals surface area contributed by atoms with Crippen molar-refractivity contribution in [2.75, 3.05) is 43.0 Å². The number of hydrogen-bond donors (Lipinski definition) is 2. The Hall–Kier alpha value is -3.39. The summed E-state index contributed by atoms with van der Waals surface area (Å²) in [5.41, 5.74) is 2.65. The second-order valence-electron chi connectivity index (χ2n) is 7.52. The number of pyridine rings is 1. The molecule has 8 heteroatoms. The molecule has 0 radical (unpaired) electrons. The number of benzene rings is 1. The molecule has 1 saturated heterocycles. The van der Waals surface area contributed by atoms with Gasteiger partial charge in [-0.2, -0.15) is 0 Å². The van der Waals surface area contributed by atoms with Gasteiger partial charge in [0.25, 0.3) is 5.91 Å². The van der Waals surface area contributed by atoms with E-state index in [4.69, 9.17) is 5.11 Å². The van der Waals surface area contributed by atoms with E-state index in [-0.39, 0.29) is 11.8 Å². The molecule has 1 aliphatic heterocycles. The Bertz CT molecular complexity index is 1100. The molecule has 2 N–H and O–H groups in total. The monoisotopic (exact) mass is 407 g/mol. The Labute approximate surface area is 174 Å². The highest BCUT2D eigenvalue weighted by Gasteiger charge is 2.22. The van der Waals surface area contributed by atoms with Crippen LogP contribution in [0.5, 0.6) is 0 Å². The van der Waals surface area contributed by atoms with E-state index in [1.807, 2.05) is 55.1 Å². The Morgan fingerprint density at radius 1 is 1.10 bits per heavy atom. The number of piperazine rings is 1. The SMILES string of the molecule is Cc1ccc(NC(=O)c2ccc3c(ccn3C)c2)nc1N1CCN(C(=O)CO)CC1. The van der Waals surface area contributed by atoms with Crippen molar-refractivity contribution in [2.24, 2.45) is 7.05 Å². The number of hydrogen-bond acceptors (Lipinski definition) is 5. The van der Waals surface area contributed by atoms with E-state index in [2.05, 4.69) is 15.2 Å². The summed E-state index contributed by atoms with van der Waals surface area (Å²) in [6.07, 6.45) is 1.97. The molecule has 0 unspecified atom stereocenters. The molecule has 1 aromatic carbocycles. The maximum absolute atomic E-state index is 12.7. The average molecular weight is 407 g/mol. The summed E-state index contributed by atoms with van der Waals surface area (Å²) in [4.78, 5) is 32.8. The van der Waals surface area contributed by atoms with Gasteiger partial charge in [0.05, 0.1) is 0 Å². The number of fused-ring (bicyclic) bond motifs is 1. The summed E-state index contributed by atoms with van der Waals surface area (Å²) in [6.45, 7) is 3.84. The van der Waals surface area contributed by atoms with Crippen molar-refractivity contribution in [3.8, 4) is 0 Å². The number of carbonyl (C=O) groups excluding carboxylic acids is 2. The first-order valence-corrected chi connectivity index (χ1v) is 9.94. The van der Waals surface area contributed by atoms with Crippen LogP contribution in [0, 0.1) is 6.92 Å². The zero-order valence-corrected chi connectivity index (χ0v) is 17.1. The van der Waals surface area contributed by atoms with Gasteiger partial charge in [0, 0.05) is 55.9 Å². The number of aliphatic hydroxyl groups excluding tert-OH is 1. The maximum atomic E-state index is 12.7. The highest BCUT2D eigenvalue weighted by molar-refractivity contribution is 6.06. The number of aryl methyl sites for hydroxylation is 2. The van der Waals surface area contributed by atoms with Gasteiger partial charge in [-0.1, -0.05) is 6.07 Å². The van der Waals surface area contributed by atoms with Gasteiger partial charge in [-0.15, -0.1) is 0 Å². The molecule has 0 saturated carbocycles. The topological polar surface area (TPSA) is 90.7 Å². The average Bonchev–Trinajstić information content (AvgIpc) is 3.14. The highest BCUT2D eigenvalue weighted by atomic mass is 16.3. The fraction of sp³-hybridized carbons (Fsp3) is 0.318. The number of aromatic nitrogens is 2. The molecule has 0 aliphatic carbocycles. The fourth-order valence-electron chi connectivity index (χ4n) is 3.79. The predicted octanol–water partition coefficient (Wildman–Crippen LogP) is 1.77. The zero-order chi connectivity index (χ0) is 21.3. The largest absolute Gasteiger partial charge is 0.387 e. The minimum atomic E-state index is -0.465. The third kappa shape index (κ3) is 3.86. The molecule has 30 heavy (non-hydrogen) atoms. The van der Waals surface area contributed by atoms with E-state index < -0.39 is 6.61 Å². The number of aliphatic hydroxyl groups is 1. The summed E-state index contributed by atoms with van der Waals surface area (Å²) in [6, 6.07) is 11.3. The summed E-state index contributed by atoms with van der Waals surface area (Å²) in [5, 5.41) is 12.9. The quantitative estimate of drug-likeness (QED) is 0.688. The van der Waals surface area contributed by atoms with Crippen molar-refractivity contribution in [3.63, 3.8) is 0 Å². The molecule has 8 nitrogen and oxygen atoms in total. The van der Waals surface area contributed by atoms with E-state index in [0.717, 1.165) is 22.3 Å². The van der Waals surface area contributed by atoms with Crippen LogP contribution in [-0.4, -0.2) is 64.2 Å². The zero-order valence-electron chi connectivity index (χ0n) is 17.1. The first kappa shape index (κ1) is 19.9. The van der Waals surface area contributed by atoms with Gasteiger partial charge >= 0.3 is 0 Å². The predicted molar refractivity (Wildman–Crippen MR) is 116 cm³/mol. The molecule has 1 aliphatic rings. The van der Waals surface area contributed by atoms with Crippen molar-refractivity contribution >= 4 is 34.4 Å². The molecule has 0 bridgehead atoms. The van der Waals surface area contributed by atoms with E-state index in [0.29, 0.717) is 37.6 Å². The lowest BCUT2D eigenvalue weighted by atomic mass is 10.1. The van der Waals surface area contributed by atoms with Crippen LogP contribution < -0.4 is 10.2 Å². The Morgan fingerprint density at radius 3 is 2.60 bits per heavy atom. The van der Waals surface area contributed by atoms with Crippen LogP contribution in [0.3, 0.4) is 0 Å². The molecule has 0 spiro atoms. The highest BCUT2D eigenvalue weighted by Crippen LogP contribution is 2.22. The third-order valence-electron chi connectivity index (χ3n) is 5.53. The van der Waals surface area contributed by atoms with Gasteiger partial charge in [-0.3, -0.25) is 9.59 Å². The summed E-state index contributed by atoms with van der Waals surface area (Å²) in [7, 11) is 1.97. The van der Waals surface area contributed by atoms with Gasteiger partial charge in [0.15, 0.2) is 0 Å². The number of rotatable bonds is 4. The van der Waals surface area contributed by atoms with Crippen LogP contribution in [0.25, 0.3) is 10.9 Å². The van der Waals surface area contributed by atoms with Crippen LogP contribution in [0.15, 0.2) is 42.6 Å². The molecule has 4 rings (SSSR count). The lowest BCUT2D eigenvalue weighted by Gasteiger charge is -2.35. The molecule has 156 valence electrons. The van der Waals surface area contributed by atoms with E-state index in [9.17, 15) is 9.59 Å². The smallest absolute Gasteiger partial charge is 0.256 e. The molecule has 2 amide bonds. The number of nitrogens with one attached hydrogen (secondary N) is 1. The molecule has 3 aromatic rings. The number of amides is 2. The Kier molecular flexibility index (Phi) is 5.41. The van der Waals surface area contributed by atoms with Gasteiger partial charge < -0.3 is 24.8 Å².